The average molecular weight is 366 g/mol. The van der Waals surface area contributed by atoms with E-state index < -0.39 is 10.9 Å². The van der Waals surface area contributed by atoms with E-state index in [1.165, 1.54) is 25.5 Å². The number of nitro groups is 1. The van der Waals surface area contributed by atoms with Crippen molar-refractivity contribution in [3.63, 3.8) is 0 Å². The molecule has 0 aliphatic rings. The quantitative estimate of drug-likeness (QED) is 0.307. The van der Waals surface area contributed by atoms with Gasteiger partial charge in [-0.3, -0.25) is 15.5 Å². The molecule has 0 spiro atoms. The number of aromatic nitrogens is 1. The molecule has 0 amide bonds. The van der Waals surface area contributed by atoms with Gasteiger partial charge in [0.1, 0.15) is 23.5 Å². The van der Waals surface area contributed by atoms with Crippen LogP contribution in [0.2, 0.25) is 0 Å². The van der Waals surface area contributed by atoms with Crippen LogP contribution in [0, 0.1) is 10.1 Å². The first-order valence-corrected chi connectivity index (χ1v) is 7.75. The van der Waals surface area contributed by atoms with Crippen molar-refractivity contribution in [2.45, 2.75) is 0 Å². The Morgan fingerprint density at radius 3 is 2.63 bits per heavy atom. The number of hydrogen-bond donors (Lipinski definition) is 1. The molecule has 0 radical (unpaired) electrons. The lowest BCUT2D eigenvalue weighted by Gasteiger charge is -2.00. The molecule has 0 saturated heterocycles. The van der Waals surface area contributed by atoms with Crippen LogP contribution in [0.5, 0.6) is 0 Å². The molecular weight excluding hydrogens is 352 g/mol. The highest BCUT2D eigenvalue weighted by Crippen LogP contribution is 2.22. The minimum absolute atomic E-state index is 0.0987. The normalized spacial score (nSPS) is 10.7. The van der Waals surface area contributed by atoms with Gasteiger partial charge in [-0.05, 0) is 30.3 Å². The number of carbonyl (C=O) groups excluding carboxylic acids is 1. The smallest absolute Gasteiger partial charge is 0.337 e. The van der Waals surface area contributed by atoms with E-state index in [2.05, 4.69) is 20.2 Å². The first-order valence-electron chi connectivity index (χ1n) is 7.75. The van der Waals surface area contributed by atoms with E-state index in [0.29, 0.717) is 22.9 Å². The lowest BCUT2D eigenvalue weighted by molar-refractivity contribution is -0.385. The fourth-order valence-electron chi connectivity index (χ4n) is 2.19. The summed E-state index contributed by atoms with van der Waals surface area (Å²) in [4.78, 5) is 25.4. The number of hydrogen-bond acceptors (Lipinski definition) is 8. The number of rotatable bonds is 6. The number of anilines is 1. The molecule has 2 aromatic heterocycles. The summed E-state index contributed by atoms with van der Waals surface area (Å²) in [5, 5.41) is 14.6. The fraction of sp³-hybridized carbons (Fsp3) is 0.0556. The number of pyridine rings is 1. The number of ether oxygens (including phenoxy) is 1. The topological polar surface area (TPSA) is 120 Å². The van der Waals surface area contributed by atoms with Gasteiger partial charge in [0.25, 0.3) is 5.69 Å². The molecule has 0 saturated carbocycles. The van der Waals surface area contributed by atoms with Crippen molar-refractivity contribution in [2.24, 2.45) is 5.10 Å². The highest BCUT2D eigenvalue weighted by molar-refractivity contribution is 5.89. The largest absolute Gasteiger partial charge is 0.465 e. The molecule has 0 aliphatic heterocycles. The number of furan rings is 1. The SMILES string of the molecule is COC(=O)c1ccc(-c2ccc(/C=N\Nc3ccc([N+](=O)[O-])cn3)o2)cc1. The Morgan fingerprint density at radius 1 is 1.22 bits per heavy atom. The maximum atomic E-state index is 11.4. The molecule has 0 aliphatic carbocycles. The zero-order chi connectivity index (χ0) is 19.2. The van der Waals surface area contributed by atoms with Crippen LogP contribution in [0.3, 0.4) is 0 Å². The molecule has 2 heterocycles. The number of esters is 1. The van der Waals surface area contributed by atoms with Gasteiger partial charge in [-0.25, -0.2) is 9.78 Å². The van der Waals surface area contributed by atoms with Crippen LogP contribution in [-0.2, 0) is 4.74 Å². The van der Waals surface area contributed by atoms with E-state index in [9.17, 15) is 14.9 Å². The first kappa shape index (κ1) is 17.8. The third kappa shape index (κ3) is 4.34. The van der Waals surface area contributed by atoms with Gasteiger partial charge in [-0.1, -0.05) is 12.1 Å². The molecule has 27 heavy (non-hydrogen) atoms. The van der Waals surface area contributed by atoms with Crippen molar-refractivity contribution in [1.29, 1.82) is 0 Å². The molecule has 0 unspecified atom stereocenters. The monoisotopic (exact) mass is 366 g/mol. The molecular formula is C18H14N4O5. The molecule has 3 rings (SSSR count). The number of carbonyl (C=O) groups is 1. The molecule has 0 bridgehead atoms. The van der Waals surface area contributed by atoms with Gasteiger partial charge in [0.2, 0.25) is 0 Å². The van der Waals surface area contributed by atoms with Crippen molar-refractivity contribution in [1.82, 2.24) is 4.98 Å². The Kier molecular flexibility index (Phi) is 5.22. The zero-order valence-corrected chi connectivity index (χ0v) is 14.2. The highest BCUT2D eigenvalue weighted by atomic mass is 16.6. The summed E-state index contributed by atoms with van der Waals surface area (Å²) in [6, 6.07) is 13.1. The third-order valence-corrected chi connectivity index (χ3v) is 3.55. The zero-order valence-electron chi connectivity index (χ0n) is 14.2. The van der Waals surface area contributed by atoms with Crippen LogP contribution < -0.4 is 5.43 Å². The maximum Gasteiger partial charge on any atom is 0.337 e. The van der Waals surface area contributed by atoms with E-state index in [4.69, 9.17) is 4.42 Å². The minimum atomic E-state index is -0.526. The van der Waals surface area contributed by atoms with E-state index in [0.717, 1.165) is 11.8 Å². The van der Waals surface area contributed by atoms with Gasteiger partial charge in [0, 0.05) is 11.6 Å². The predicted molar refractivity (Wildman–Crippen MR) is 97.6 cm³/mol. The number of nitrogens with zero attached hydrogens (tertiary/aromatic N) is 3. The summed E-state index contributed by atoms with van der Waals surface area (Å²) in [5.74, 6) is 1.07. The summed E-state index contributed by atoms with van der Waals surface area (Å²) < 4.78 is 10.3. The molecule has 136 valence electrons. The van der Waals surface area contributed by atoms with Crippen LogP contribution in [0.25, 0.3) is 11.3 Å². The van der Waals surface area contributed by atoms with E-state index in [1.54, 1.807) is 36.4 Å². The Labute approximate surface area is 153 Å². The van der Waals surface area contributed by atoms with E-state index in [1.807, 2.05) is 0 Å². The van der Waals surface area contributed by atoms with Gasteiger partial charge in [-0.15, -0.1) is 0 Å². The number of methoxy groups -OCH3 is 1. The second kappa shape index (κ2) is 7.91. The summed E-state index contributed by atoms with van der Waals surface area (Å²) in [5.41, 5.74) is 3.81. The lowest BCUT2D eigenvalue weighted by Crippen LogP contribution is -2.00. The molecule has 0 atom stereocenters. The molecule has 3 aromatic rings. The molecule has 9 nitrogen and oxygen atoms in total. The van der Waals surface area contributed by atoms with Crippen molar-refractivity contribution >= 4 is 23.7 Å². The second-order valence-electron chi connectivity index (χ2n) is 5.30. The van der Waals surface area contributed by atoms with Crippen molar-refractivity contribution in [3.8, 4) is 11.3 Å². The van der Waals surface area contributed by atoms with Crippen LogP contribution in [0.1, 0.15) is 16.1 Å². The molecule has 1 N–H and O–H groups in total. The maximum absolute atomic E-state index is 11.4. The predicted octanol–water partition coefficient (Wildman–Crippen LogP) is 3.48. The van der Waals surface area contributed by atoms with Gasteiger partial charge in [-0.2, -0.15) is 5.10 Å². The van der Waals surface area contributed by atoms with Crippen LogP contribution in [0.4, 0.5) is 11.5 Å². The summed E-state index contributed by atoms with van der Waals surface area (Å²) >= 11 is 0. The highest BCUT2D eigenvalue weighted by Gasteiger charge is 2.08. The van der Waals surface area contributed by atoms with Crippen molar-refractivity contribution < 1.29 is 18.9 Å². The van der Waals surface area contributed by atoms with Crippen molar-refractivity contribution in [2.75, 3.05) is 12.5 Å². The Balaban J connectivity index is 1.64. The van der Waals surface area contributed by atoms with Gasteiger partial charge in [0.15, 0.2) is 0 Å². The first-order chi connectivity index (χ1) is 13.1. The molecule has 1 aromatic carbocycles. The average Bonchev–Trinajstić information content (AvgIpc) is 3.17. The van der Waals surface area contributed by atoms with Gasteiger partial charge in [0.05, 0.1) is 23.8 Å². The minimum Gasteiger partial charge on any atom is -0.465 e. The van der Waals surface area contributed by atoms with Crippen molar-refractivity contribution in [3.05, 3.63) is 76.2 Å². The lowest BCUT2D eigenvalue weighted by atomic mass is 10.1. The van der Waals surface area contributed by atoms with E-state index in [-0.39, 0.29) is 5.69 Å². The Bertz CT molecular complexity index is 978. The van der Waals surface area contributed by atoms with Crippen LogP contribution in [-0.4, -0.2) is 29.2 Å². The summed E-state index contributed by atoms with van der Waals surface area (Å²) in [7, 11) is 1.33. The van der Waals surface area contributed by atoms with Crippen LogP contribution >= 0.6 is 0 Å². The molecule has 9 heteroatoms. The third-order valence-electron chi connectivity index (χ3n) is 3.55. The second-order valence-corrected chi connectivity index (χ2v) is 5.30. The van der Waals surface area contributed by atoms with E-state index >= 15 is 0 Å². The Hall–Kier alpha value is -4.01. The summed E-state index contributed by atoms with van der Waals surface area (Å²) in [6.07, 6.45) is 2.59. The van der Waals surface area contributed by atoms with Gasteiger partial charge < -0.3 is 9.15 Å². The number of nitrogens with one attached hydrogen (secondary N) is 1. The fourth-order valence-corrected chi connectivity index (χ4v) is 2.19. The van der Waals surface area contributed by atoms with Gasteiger partial charge >= 0.3 is 5.97 Å². The number of benzene rings is 1. The standard InChI is InChI=1S/C18H14N4O5/c1-26-18(23)13-4-2-12(3-5-13)16-8-7-15(27-16)11-20-21-17-9-6-14(10-19-17)22(24)25/h2-11H,1H3,(H,19,21)/b20-11-. The number of hydrazone groups is 1. The Morgan fingerprint density at radius 2 is 2.00 bits per heavy atom. The van der Waals surface area contributed by atoms with Crippen LogP contribution in [0.15, 0.2) is 64.2 Å². The summed E-state index contributed by atoms with van der Waals surface area (Å²) in [6.45, 7) is 0. The molecule has 0 fully saturated rings.